The number of nitrogens with zero attached hydrogens (tertiary/aromatic N) is 3. The third-order valence-corrected chi connectivity index (χ3v) is 1.99. The van der Waals surface area contributed by atoms with Gasteiger partial charge in [0.15, 0.2) is 5.82 Å². The molecule has 1 atom stereocenters. The molecule has 5 heteroatoms. The zero-order valence-electron chi connectivity index (χ0n) is 8.03. The summed E-state index contributed by atoms with van der Waals surface area (Å²) in [6.07, 6.45) is -0.731. The van der Waals surface area contributed by atoms with Crippen LogP contribution in [0.5, 0.6) is 0 Å². The molecule has 1 N–H and O–H groups in total. The number of rotatable bonds is 3. The lowest BCUT2D eigenvalue weighted by atomic mass is 10.3. The van der Waals surface area contributed by atoms with Crippen molar-refractivity contribution in [3.8, 4) is 0 Å². The maximum absolute atomic E-state index is 9.52. The van der Waals surface area contributed by atoms with Crippen molar-refractivity contribution in [1.82, 2.24) is 14.8 Å². The number of halogens is 1. The Labute approximate surface area is 82.5 Å². The molecule has 0 aliphatic heterocycles. The topological polar surface area (TPSA) is 50.9 Å². The second-order valence-corrected chi connectivity index (χ2v) is 3.53. The summed E-state index contributed by atoms with van der Waals surface area (Å²) in [6.45, 7) is 5.76. The van der Waals surface area contributed by atoms with E-state index in [1.54, 1.807) is 11.6 Å². The van der Waals surface area contributed by atoms with Crippen molar-refractivity contribution in [3.05, 3.63) is 11.6 Å². The van der Waals surface area contributed by atoms with Crippen LogP contribution in [0.25, 0.3) is 0 Å². The summed E-state index contributed by atoms with van der Waals surface area (Å²) in [6, 6.07) is 0.189. The number of aliphatic hydroxyl groups is 1. The second kappa shape index (κ2) is 4.07. The van der Waals surface area contributed by atoms with Crippen molar-refractivity contribution >= 4 is 11.6 Å². The van der Waals surface area contributed by atoms with E-state index in [0.717, 1.165) is 0 Å². The van der Waals surface area contributed by atoms with Gasteiger partial charge in [0.2, 0.25) is 0 Å². The van der Waals surface area contributed by atoms with Crippen LogP contribution in [0.1, 0.15) is 37.6 Å². The Morgan fingerprint density at radius 2 is 2.15 bits per heavy atom. The van der Waals surface area contributed by atoms with Crippen molar-refractivity contribution in [2.75, 3.05) is 5.88 Å². The van der Waals surface area contributed by atoms with Gasteiger partial charge in [-0.25, -0.2) is 9.67 Å². The molecule has 0 aromatic carbocycles. The fourth-order valence-corrected chi connectivity index (χ4v) is 1.26. The fraction of sp³-hybridized carbons (Fsp3) is 0.750. The smallest absolute Gasteiger partial charge is 0.157 e. The van der Waals surface area contributed by atoms with Gasteiger partial charge < -0.3 is 5.11 Å². The summed E-state index contributed by atoms with van der Waals surface area (Å²) in [5.74, 6) is 1.35. The van der Waals surface area contributed by atoms with Gasteiger partial charge in [-0.1, -0.05) is 0 Å². The van der Waals surface area contributed by atoms with E-state index >= 15 is 0 Å². The molecule has 13 heavy (non-hydrogen) atoms. The van der Waals surface area contributed by atoms with Gasteiger partial charge in [-0.3, -0.25) is 0 Å². The van der Waals surface area contributed by atoms with Crippen LogP contribution >= 0.6 is 11.6 Å². The van der Waals surface area contributed by atoms with Crippen molar-refractivity contribution < 1.29 is 5.11 Å². The Morgan fingerprint density at radius 3 is 2.62 bits per heavy atom. The highest BCUT2D eigenvalue weighted by Crippen LogP contribution is 2.16. The number of alkyl halides is 1. The van der Waals surface area contributed by atoms with Gasteiger partial charge in [0, 0.05) is 6.04 Å². The van der Waals surface area contributed by atoms with Gasteiger partial charge in [0.1, 0.15) is 11.9 Å². The molecular weight excluding hydrogens is 190 g/mol. The van der Waals surface area contributed by atoms with E-state index in [-0.39, 0.29) is 11.9 Å². The quantitative estimate of drug-likeness (QED) is 0.757. The van der Waals surface area contributed by atoms with Crippen LogP contribution in [0.3, 0.4) is 0 Å². The minimum atomic E-state index is -0.731. The molecule has 0 saturated heterocycles. The zero-order chi connectivity index (χ0) is 10.0. The first-order valence-corrected chi connectivity index (χ1v) is 4.76. The molecule has 74 valence electrons. The van der Waals surface area contributed by atoms with Crippen LogP contribution in [0.2, 0.25) is 0 Å². The third-order valence-electron chi connectivity index (χ3n) is 1.70. The number of aliphatic hydroxyl groups excluding tert-OH is 1. The third kappa shape index (κ3) is 2.19. The highest BCUT2D eigenvalue weighted by atomic mass is 35.5. The van der Waals surface area contributed by atoms with Gasteiger partial charge in [-0.15, -0.1) is 11.6 Å². The average molecular weight is 204 g/mol. The number of hydrogen-bond donors (Lipinski definition) is 1. The second-order valence-electron chi connectivity index (χ2n) is 3.23. The lowest BCUT2D eigenvalue weighted by Gasteiger charge is -2.11. The standard InChI is InChI=1S/C8H14ClN3O/c1-5(2)12-8(7(13)4-9)10-6(3)11-12/h5,7,13H,4H2,1-3H3. The Morgan fingerprint density at radius 1 is 1.54 bits per heavy atom. The molecule has 1 heterocycles. The van der Waals surface area contributed by atoms with Crippen molar-refractivity contribution in [3.63, 3.8) is 0 Å². The van der Waals surface area contributed by atoms with E-state index < -0.39 is 6.10 Å². The lowest BCUT2D eigenvalue weighted by Crippen LogP contribution is -2.13. The Balaban J connectivity index is 3.04. The monoisotopic (exact) mass is 203 g/mol. The molecule has 1 aromatic rings. The maximum Gasteiger partial charge on any atom is 0.157 e. The summed E-state index contributed by atoms with van der Waals surface area (Å²) in [5.41, 5.74) is 0. The Hall–Kier alpha value is -0.610. The molecular formula is C8H14ClN3O. The van der Waals surface area contributed by atoms with Crippen molar-refractivity contribution in [1.29, 1.82) is 0 Å². The molecule has 0 radical (unpaired) electrons. The molecule has 1 unspecified atom stereocenters. The van der Waals surface area contributed by atoms with Crippen molar-refractivity contribution in [2.24, 2.45) is 0 Å². The highest BCUT2D eigenvalue weighted by Gasteiger charge is 2.17. The molecule has 0 aliphatic rings. The first kappa shape index (κ1) is 10.5. The minimum absolute atomic E-state index is 0.144. The lowest BCUT2D eigenvalue weighted by molar-refractivity contribution is 0.182. The van der Waals surface area contributed by atoms with Crippen LogP contribution in [0.4, 0.5) is 0 Å². The van der Waals surface area contributed by atoms with Gasteiger partial charge >= 0.3 is 0 Å². The van der Waals surface area contributed by atoms with E-state index in [9.17, 15) is 5.11 Å². The van der Waals surface area contributed by atoms with E-state index in [2.05, 4.69) is 10.1 Å². The average Bonchev–Trinajstić information content (AvgIpc) is 2.46. The first-order valence-electron chi connectivity index (χ1n) is 4.23. The summed E-state index contributed by atoms with van der Waals surface area (Å²) >= 11 is 5.54. The van der Waals surface area contributed by atoms with Gasteiger partial charge in [-0.05, 0) is 20.8 Å². The molecule has 0 saturated carbocycles. The molecule has 0 spiro atoms. The molecule has 4 nitrogen and oxygen atoms in total. The number of aryl methyl sites for hydroxylation is 1. The van der Waals surface area contributed by atoms with E-state index in [0.29, 0.717) is 11.6 Å². The fourth-order valence-electron chi connectivity index (χ4n) is 1.12. The first-order chi connectivity index (χ1) is 6.06. The predicted molar refractivity (Wildman–Crippen MR) is 50.8 cm³/mol. The van der Waals surface area contributed by atoms with Gasteiger partial charge in [0.25, 0.3) is 0 Å². The van der Waals surface area contributed by atoms with Gasteiger partial charge in [0.05, 0.1) is 5.88 Å². The van der Waals surface area contributed by atoms with Crippen LogP contribution < -0.4 is 0 Å². The molecule has 0 amide bonds. The molecule has 0 bridgehead atoms. The summed E-state index contributed by atoms with van der Waals surface area (Å²) in [5, 5.41) is 13.7. The summed E-state index contributed by atoms with van der Waals surface area (Å²) < 4.78 is 1.70. The Kier molecular flexibility index (Phi) is 3.27. The Bertz CT molecular complexity index is 285. The number of aromatic nitrogens is 3. The van der Waals surface area contributed by atoms with Gasteiger partial charge in [-0.2, -0.15) is 5.10 Å². The minimum Gasteiger partial charge on any atom is -0.384 e. The van der Waals surface area contributed by atoms with Crippen LogP contribution in [0.15, 0.2) is 0 Å². The predicted octanol–water partition coefficient (Wildman–Crippen LogP) is 1.44. The normalized spacial score (nSPS) is 13.7. The molecule has 0 fully saturated rings. The molecule has 0 aliphatic carbocycles. The van der Waals surface area contributed by atoms with Crippen LogP contribution in [0, 0.1) is 6.92 Å². The van der Waals surface area contributed by atoms with Crippen LogP contribution in [-0.2, 0) is 0 Å². The SMILES string of the molecule is Cc1nc(C(O)CCl)n(C(C)C)n1. The van der Waals surface area contributed by atoms with E-state index in [1.165, 1.54) is 0 Å². The molecule has 1 rings (SSSR count). The maximum atomic E-state index is 9.52. The largest absolute Gasteiger partial charge is 0.384 e. The zero-order valence-corrected chi connectivity index (χ0v) is 8.78. The van der Waals surface area contributed by atoms with Crippen LogP contribution in [-0.4, -0.2) is 25.8 Å². The summed E-state index contributed by atoms with van der Waals surface area (Å²) in [7, 11) is 0. The highest BCUT2D eigenvalue weighted by molar-refractivity contribution is 6.18. The van der Waals surface area contributed by atoms with E-state index in [4.69, 9.17) is 11.6 Å². The number of hydrogen-bond acceptors (Lipinski definition) is 3. The van der Waals surface area contributed by atoms with E-state index in [1.807, 2.05) is 13.8 Å². The van der Waals surface area contributed by atoms with Crippen molar-refractivity contribution in [2.45, 2.75) is 32.9 Å². The molecule has 1 aromatic heterocycles. The summed E-state index contributed by atoms with van der Waals surface area (Å²) in [4.78, 5) is 4.12.